The highest BCUT2D eigenvalue weighted by Gasteiger charge is 2.30. The van der Waals surface area contributed by atoms with Gasteiger partial charge < -0.3 is 15.4 Å². The standard InChI is InChI=1S/C15H16ClN3O2/c16-13-10(7-12(17)21)15-11(20)4-2-6-19(15)14(13)9-3-1-5-18-8-9/h1,3,5,8,11,20H,2,4,6-7H2,(H2,17,21). The van der Waals surface area contributed by atoms with Crippen molar-refractivity contribution in [2.24, 2.45) is 5.73 Å². The van der Waals surface area contributed by atoms with Gasteiger partial charge in [0.15, 0.2) is 0 Å². The number of hydrogen-bond donors (Lipinski definition) is 2. The molecule has 1 amide bonds. The van der Waals surface area contributed by atoms with Crippen LogP contribution in [0.4, 0.5) is 0 Å². The van der Waals surface area contributed by atoms with Crippen molar-refractivity contribution in [3.05, 3.63) is 40.8 Å². The maximum absolute atomic E-state index is 11.3. The third-order valence-electron chi connectivity index (χ3n) is 3.80. The Morgan fingerprint density at radius 1 is 1.57 bits per heavy atom. The SMILES string of the molecule is NC(=O)Cc1c(Cl)c(-c2cccnc2)n2c1C(O)CCC2. The zero-order chi connectivity index (χ0) is 15.0. The summed E-state index contributed by atoms with van der Waals surface area (Å²) in [7, 11) is 0. The summed E-state index contributed by atoms with van der Waals surface area (Å²) < 4.78 is 1.99. The van der Waals surface area contributed by atoms with Crippen LogP contribution in [0.5, 0.6) is 0 Å². The van der Waals surface area contributed by atoms with Gasteiger partial charge in [0, 0.05) is 30.1 Å². The van der Waals surface area contributed by atoms with E-state index >= 15 is 0 Å². The molecule has 21 heavy (non-hydrogen) atoms. The molecule has 0 aliphatic carbocycles. The number of aliphatic hydroxyl groups is 1. The molecule has 0 aromatic carbocycles. The van der Waals surface area contributed by atoms with Gasteiger partial charge in [-0.05, 0) is 25.0 Å². The molecule has 0 saturated carbocycles. The summed E-state index contributed by atoms with van der Waals surface area (Å²) in [6.07, 6.45) is 4.36. The summed E-state index contributed by atoms with van der Waals surface area (Å²) in [4.78, 5) is 15.4. The number of primary amides is 1. The van der Waals surface area contributed by atoms with E-state index in [1.807, 2.05) is 16.7 Å². The summed E-state index contributed by atoms with van der Waals surface area (Å²) in [6, 6.07) is 3.75. The molecule has 1 atom stereocenters. The fraction of sp³-hybridized carbons (Fsp3) is 0.333. The highest BCUT2D eigenvalue weighted by atomic mass is 35.5. The van der Waals surface area contributed by atoms with E-state index < -0.39 is 12.0 Å². The lowest BCUT2D eigenvalue weighted by Gasteiger charge is -2.23. The monoisotopic (exact) mass is 305 g/mol. The Morgan fingerprint density at radius 2 is 2.38 bits per heavy atom. The zero-order valence-corrected chi connectivity index (χ0v) is 12.2. The molecule has 3 rings (SSSR count). The van der Waals surface area contributed by atoms with E-state index in [0.717, 1.165) is 24.2 Å². The van der Waals surface area contributed by atoms with Crippen molar-refractivity contribution in [1.82, 2.24) is 9.55 Å². The first-order chi connectivity index (χ1) is 10.1. The zero-order valence-electron chi connectivity index (χ0n) is 11.4. The van der Waals surface area contributed by atoms with E-state index in [2.05, 4.69) is 4.98 Å². The van der Waals surface area contributed by atoms with Gasteiger partial charge in [0.05, 0.1) is 28.9 Å². The van der Waals surface area contributed by atoms with Gasteiger partial charge in [-0.15, -0.1) is 0 Å². The highest BCUT2D eigenvalue weighted by molar-refractivity contribution is 6.34. The largest absolute Gasteiger partial charge is 0.387 e. The van der Waals surface area contributed by atoms with Crippen LogP contribution in [0.2, 0.25) is 5.02 Å². The predicted octanol–water partition coefficient (Wildman–Crippen LogP) is 2.06. The summed E-state index contributed by atoms with van der Waals surface area (Å²) >= 11 is 6.50. The Bertz CT molecular complexity index is 682. The lowest BCUT2D eigenvalue weighted by atomic mass is 10.0. The number of fused-ring (bicyclic) bond motifs is 1. The van der Waals surface area contributed by atoms with Crippen LogP contribution >= 0.6 is 11.6 Å². The summed E-state index contributed by atoms with van der Waals surface area (Å²) in [6.45, 7) is 0.759. The molecule has 1 aliphatic rings. The number of carbonyl (C=O) groups is 1. The highest BCUT2D eigenvalue weighted by Crippen LogP contribution is 2.41. The molecule has 3 N–H and O–H groups in total. The van der Waals surface area contributed by atoms with Gasteiger partial charge in [0.25, 0.3) is 0 Å². The second-order valence-electron chi connectivity index (χ2n) is 5.22. The van der Waals surface area contributed by atoms with Crippen LogP contribution in [-0.4, -0.2) is 20.6 Å². The molecule has 1 unspecified atom stereocenters. The number of hydrogen-bond acceptors (Lipinski definition) is 3. The normalized spacial score (nSPS) is 17.5. The second kappa shape index (κ2) is 5.50. The Kier molecular flexibility index (Phi) is 3.69. The lowest BCUT2D eigenvalue weighted by Crippen LogP contribution is -2.19. The fourth-order valence-corrected chi connectivity index (χ4v) is 3.35. The third kappa shape index (κ3) is 2.43. The van der Waals surface area contributed by atoms with Crippen molar-refractivity contribution in [2.45, 2.75) is 31.9 Å². The van der Waals surface area contributed by atoms with Gasteiger partial charge in [-0.1, -0.05) is 11.6 Å². The average Bonchev–Trinajstić information content (AvgIpc) is 2.73. The molecule has 0 bridgehead atoms. The van der Waals surface area contributed by atoms with Crippen molar-refractivity contribution < 1.29 is 9.90 Å². The molecular weight excluding hydrogens is 290 g/mol. The minimum Gasteiger partial charge on any atom is -0.387 e. The summed E-state index contributed by atoms with van der Waals surface area (Å²) in [5.41, 5.74) is 8.34. The number of aromatic nitrogens is 2. The average molecular weight is 306 g/mol. The van der Waals surface area contributed by atoms with Crippen LogP contribution in [0.1, 0.15) is 30.2 Å². The first kappa shape index (κ1) is 14.1. The number of amides is 1. The number of nitrogens with zero attached hydrogens (tertiary/aromatic N) is 2. The minimum absolute atomic E-state index is 0.0332. The van der Waals surface area contributed by atoms with E-state index in [9.17, 15) is 9.90 Å². The smallest absolute Gasteiger partial charge is 0.221 e. The van der Waals surface area contributed by atoms with Gasteiger partial charge in [0.2, 0.25) is 5.91 Å². The molecule has 6 heteroatoms. The van der Waals surface area contributed by atoms with Crippen molar-refractivity contribution in [3.63, 3.8) is 0 Å². The summed E-state index contributed by atoms with van der Waals surface area (Å²) in [5.74, 6) is -0.458. The Balaban J connectivity index is 2.23. The van der Waals surface area contributed by atoms with Crippen LogP contribution in [0.15, 0.2) is 24.5 Å². The van der Waals surface area contributed by atoms with Crippen LogP contribution in [0, 0.1) is 0 Å². The van der Waals surface area contributed by atoms with Crippen LogP contribution in [0.3, 0.4) is 0 Å². The molecule has 2 aromatic heterocycles. The number of aliphatic hydroxyl groups excluding tert-OH is 1. The van der Waals surface area contributed by atoms with Crippen LogP contribution in [0.25, 0.3) is 11.3 Å². The van der Waals surface area contributed by atoms with E-state index in [1.165, 1.54) is 0 Å². The first-order valence-electron chi connectivity index (χ1n) is 6.87. The molecule has 5 nitrogen and oxygen atoms in total. The molecule has 2 aromatic rings. The van der Waals surface area contributed by atoms with Crippen LogP contribution < -0.4 is 5.73 Å². The maximum atomic E-state index is 11.3. The molecule has 0 radical (unpaired) electrons. The van der Waals surface area contributed by atoms with Crippen molar-refractivity contribution in [2.75, 3.05) is 0 Å². The fourth-order valence-electron chi connectivity index (χ4n) is 2.98. The van der Waals surface area contributed by atoms with Gasteiger partial charge >= 0.3 is 0 Å². The molecule has 110 valence electrons. The topological polar surface area (TPSA) is 81.1 Å². The number of rotatable bonds is 3. The summed E-state index contributed by atoms with van der Waals surface area (Å²) in [5, 5.41) is 10.8. The van der Waals surface area contributed by atoms with Crippen molar-refractivity contribution in [1.29, 1.82) is 0 Å². The lowest BCUT2D eigenvalue weighted by molar-refractivity contribution is -0.117. The number of carbonyl (C=O) groups excluding carboxylic acids is 1. The molecule has 0 spiro atoms. The Morgan fingerprint density at radius 3 is 3.05 bits per heavy atom. The first-order valence-corrected chi connectivity index (χ1v) is 7.25. The molecule has 3 heterocycles. The van der Waals surface area contributed by atoms with E-state index in [0.29, 0.717) is 22.7 Å². The minimum atomic E-state index is -0.615. The maximum Gasteiger partial charge on any atom is 0.221 e. The Hall–Kier alpha value is -1.85. The molecular formula is C15H16ClN3O2. The van der Waals surface area contributed by atoms with Gasteiger partial charge in [0.1, 0.15) is 0 Å². The van der Waals surface area contributed by atoms with E-state index in [-0.39, 0.29) is 6.42 Å². The molecule has 0 saturated heterocycles. The van der Waals surface area contributed by atoms with Crippen molar-refractivity contribution >= 4 is 17.5 Å². The molecule has 0 fully saturated rings. The van der Waals surface area contributed by atoms with Crippen LogP contribution in [-0.2, 0) is 17.8 Å². The van der Waals surface area contributed by atoms with Gasteiger partial charge in [-0.3, -0.25) is 9.78 Å². The predicted molar refractivity (Wildman–Crippen MR) is 79.8 cm³/mol. The molecule has 1 aliphatic heterocycles. The van der Waals surface area contributed by atoms with E-state index in [1.54, 1.807) is 12.4 Å². The number of nitrogens with two attached hydrogens (primary N) is 1. The number of halogens is 1. The van der Waals surface area contributed by atoms with Gasteiger partial charge in [-0.2, -0.15) is 0 Å². The van der Waals surface area contributed by atoms with Gasteiger partial charge in [-0.25, -0.2) is 0 Å². The quantitative estimate of drug-likeness (QED) is 0.910. The van der Waals surface area contributed by atoms with E-state index in [4.69, 9.17) is 17.3 Å². The second-order valence-corrected chi connectivity index (χ2v) is 5.60. The Labute approximate surface area is 127 Å². The van der Waals surface area contributed by atoms with Crippen molar-refractivity contribution in [3.8, 4) is 11.3 Å². The number of pyridine rings is 1. The third-order valence-corrected chi connectivity index (χ3v) is 4.21.